The lowest BCUT2D eigenvalue weighted by Gasteiger charge is -2.44. The highest BCUT2D eigenvalue weighted by atomic mass is 16.5. The number of nitrogens with zero attached hydrogens (tertiary/aromatic N) is 1. The summed E-state index contributed by atoms with van der Waals surface area (Å²) in [6.45, 7) is 2.95. The first kappa shape index (κ1) is 16.3. The monoisotopic (exact) mass is 290 g/mol. The maximum atomic E-state index is 6.17. The van der Waals surface area contributed by atoms with Crippen LogP contribution in [0.2, 0.25) is 0 Å². The molecular weight excluding hydrogens is 260 g/mol. The molecule has 118 valence electrons. The highest BCUT2D eigenvalue weighted by Gasteiger charge is 2.34. The average molecular weight is 290 g/mol. The fourth-order valence-electron chi connectivity index (χ4n) is 3.51. The van der Waals surface area contributed by atoms with E-state index >= 15 is 0 Å². The number of hydrogen-bond donors (Lipinski definition) is 1. The fraction of sp³-hybridized carbons (Fsp3) is 0.667. The Balaban J connectivity index is 2.15. The lowest BCUT2D eigenvalue weighted by Crippen LogP contribution is -2.55. The number of ether oxygens (including phenoxy) is 1. The number of para-hydroxylation sites is 1. The van der Waals surface area contributed by atoms with Crippen molar-refractivity contribution in [2.45, 2.75) is 57.0 Å². The quantitative estimate of drug-likeness (QED) is 0.874. The van der Waals surface area contributed by atoms with Gasteiger partial charge in [0.05, 0.1) is 7.11 Å². The highest BCUT2D eigenvalue weighted by molar-refractivity contribution is 5.34. The first-order chi connectivity index (χ1) is 10.1. The van der Waals surface area contributed by atoms with Crippen molar-refractivity contribution in [3.8, 4) is 5.75 Å². The van der Waals surface area contributed by atoms with Crippen LogP contribution in [0.4, 0.5) is 0 Å². The Morgan fingerprint density at radius 2 is 1.90 bits per heavy atom. The van der Waals surface area contributed by atoms with Crippen LogP contribution in [0.25, 0.3) is 0 Å². The lowest BCUT2D eigenvalue weighted by molar-refractivity contribution is 0.0700. The zero-order valence-electron chi connectivity index (χ0n) is 13.8. The Morgan fingerprint density at radius 1 is 1.24 bits per heavy atom. The second kappa shape index (κ2) is 7.28. The van der Waals surface area contributed by atoms with Crippen molar-refractivity contribution >= 4 is 0 Å². The molecule has 0 heterocycles. The zero-order valence-corrected chi connectivity index (χ0v) is 13.8. The molecular formula is C18H30N2O. The van der Waals surface area contributed by atoms with Gasteiger partial charge in [0.15, 0.2) is 0 Å². The molecule has 0 aromatic heterocycles. The van der Waals surface area contributed by atoms with Gasteiger partial charge >= 0.3 is 0 Å². The Kier molecular flexibility index (Phi) is 5.65. The van der Waals surface area contributed by atoms with Gasteiger partial charge in [0.2, 0.25) is 0 Å². The topological polar surface area (TPSA) is 38.5 Å². The number of nitrogens with two attached hydrogens (primary N) is 1. The minimum Gasteiger partial charge on any atom is -0.496 e. The van der Waals surface area contributed by atoms with Crippen LogP contribution in [0.5, 0.6) is 5.75 Å². The van der Waals surface area contributed by atoms with E-state index in [9.17, 15) is 0 Å². The molecule has 1 fully saturated rings. The standard InChI is InChI=1S/C18H30N2O/c1-18(14-19,20(2)16-10-5-4-6-11-16)13-15-9-7-8-12-17(15)21-3/h7-9,12,16H,4-6,10-11,13-14,19H2,1-3H3. The highest BCUT2D eigenvalue weighted by Crippen LogP contribution is 2.31. The summed E-state index contributed by atoms with van der Waals surface area (Å²) in [4.78, 5) is 2.53. The number of hydrogen-bond acceptors (Lipinski definition) is 3. The van der Waals surface area contributed by atoms with Crippen LogP contribution in [-0.2, 0) is 6.42 Å². The number of rotatable bonds is 6. The third kappa shape index (κ3) is 3.78. The summed E-state index contributed by atoms with van der Waals surface area (Å²) in [6.07, 6.45) is 7.63. The maximum Gasteiger partial charge on any atom is 0.122 e. The molecule has 0 radical (unpaired) electrons. The molecule has 1 aliphatic carbocycles. The lowest BCUT2D eigenvalue weighted by atomic mass is 9.86. The maximum absolute atomic E-state index is 6.17. The van der Waals surface area contributed by atoms with Crippen LogP contribution >= 0.6 is 0 Å². The van der Waals surface area contributed by atoms with E-state index in [1.165, 1.54) is 37.7 Å². The van der Waals surface area contributed by atoms with Gasteiger partial charge < -0.3 is 10.5 Å². The van der Waals surface area contributed by atoms with Crippen molar-refractivity contribution < 1.29 is 4.74 Å². The normalized spacial score (nSPS) is 19.5. The van der Waals surface area contributed by atoms with Gasteiger partial charge in [-0.05, 0) is 44.9 Å². The SMILES string of the molecule is COc1ccccc1CC(C)(CN)N(C)C1CCCCC1. The predicted molar refractivity (Wildman–Crippen MR) is 88.8 cm³/mol. The van der Waals surface area contributed by atoms with Crippen molar-refractivity contribution in [3.63, 3.8) is 0 Å². The first-order valence-electron chi connectivity index (χ1n) is 8.15. The molecule has 1 aromatic carbocycles. The Morgan fingerprint density at radius 3 is 2.52 bits per heavy atom. The van der Waals surface area contributed by atoms with Crippen molar-refractivity contribution in [2.24, 2.45) is 5.73 Å². The van der Waals surface area contributed by atoms with E-state index in [0.717, 1.165) is 12.2 Å². The van der Waals surface area contributed by atoms with Crippen LogP contribution < -0.4 is 10.5 Å². The third-order valence-electron chi connectivity index (χ3n) is 5.18. The summed E-state index contributed by atoms with van der Waals surface area (Å²) in [5, 5.41) is 0. The fourth-order valence-corrected chi connectivity index (χ4v) is 3.51. The van der Waals surface area contributed by atoms with E-state index in [-0.39, 0.29) is 5.54 Å². The van der Waals surface area contributed by atoms with E-state index in [0.29, 0.717) is 12.6 Å². The van der Waals surface area contributed by atoms with Crippen LogP contribution in [0.15, 0.2) is 24.3 Å². The third-order valence-corrected chi connectivity index (χ3v) is 5.18. The molecule has 0 amide bonds. The van der Waals surface area contributed by atoms with Gasteiger partial charge in [0.1, 0.15) is 5.75 Å². The molecule has 1 saturated carbocycles. The molecule has 0 bridgehead atoms. The summed E-state index contributed by atoms with van der Waals surface area (Å²) in [5.74, 6) is 0.967. The van der Waals surface area contributed by atoms with E-state index < -0.39 is 0 Å². The molecule has 3 nitrogen and oxygen atoms in total. The van der Waals surface area contributed by atoms with Gasteiger partial charge in [-0.15, -0.1) is 0 Å². The van der Waals surface area contributed by atoms with Crippen LogP contribution in [0, 0.1) is 0 Å². The van der Waals surface area contributed by atoms with E-state index in [1.807, 2.05) is 12.1 Å². The Labute approximate surface area is 129 Å². The smallest absolute Gasteiger partial charge is 0.122 e. The largest absolute Gasteiger partial charge is 0.496 e. The molecule has 1 aliphatic rings. The Hall–Kier alpha value is -1.06. The molecule has 1 atom stereocenters. The first-order valence-corrected chi connectivity index (χ1v) is 8.15. The summed E-state index contributed by atoms with van der Waals surface area (Å²) < 4.78 is 5.50. The van der Waals surface area contributed by atoms with E-state index in [1.54, 1.807) is 7.11 Å². The molecule has 2 N–H and O–H groups in total. The number of benzene rings is 1. The van der Waals surface area contributed by atoms with E-state index in [4.69, 9.17) is 10.5 Å². The summed E-state index contributed by atoms with van der Waals surface area (Å²) in [6, 6.07) is 8.96. The number of methoxy groups -OCH3 is 1. The number of likely N-dealkylation sites (N-methyl/N-ethyl adjacent to an activating group) is 1. The second-order valence-electron chi connectivity index (χ2n) is 6.59. The molecule has 1 unspecified atom stereocenters. The van der Waals surface area contributed by atoms with E-state index in [2.05, 4.69) is 31.0 Å². The second-order valence-corrected chi connectivity index (χ2v) is 6.59. The van der Waals surface area contributed by atoms with Gasteiger partial charge in [-0.1, -0.05) is 37.5 Å². The van der Waals surface area contributed by atoms with Crippen LogP contribution in [-0.4, -0.2) is 37.2 Å². The van der Waals surface area contributed by atoms with Crippen molar-refractivity contribution in [2.75, 3.05) is 20.7 Å². The summed E-state index contributed by atoms with van der Waals surface area (Å²) in [7, 11) is 3.99. The van der Waals surface area contributed by atoms with Crippen molar-refractivity contribution in [3.05, 3.63) is 29.8 Å². The molecule has 0 saturated heterocycles. The molecule has 3 heteroatoms. The Bertz CT molecular complexity index is 443. The molecule has 21 heavy (non-hydrogen) atoms. The van der Waals surface area contributed by atoms with Crippen molar-refractivity contribution in [1.82, 2.24) is 4.90 Å². The molecule has 0 aliphatic heterocycles. The molecule has 0 spiro atoms. The van der Waals surface area contributed by atoms with Crippen LogP contribution in [0.3, 0.4) is 0 Å². The van der Waals surface area contributed by atoms with Crippen molar-refractivity contribution in [1.29, 1.82) is 0 Å². The predicted octanol–water partition coefficient (Wildman–Crippen LogP) is 3.22. The van der Waals surface area contributed by atoms with Crippen LogP contribution in [0.1, 0.15) is 44.6 Å². The van der Waals surface area contributed by atoms with Gasteiger partial charge in [0, 0.05) is 18.1 Å². The average Bonchev–Trinajstić information content (AvgIpc) is 2.55. The minimum atomic E-state index is -0.0172. The zero-order chi connectivity index (χ0) is 15.3. The molecule has 2 rings (SSSR count). The summed E-state index contributed by atoms with van der Waals surface area (Å²) in [5.41, 5.74) is 7.40. The summed E-state index contributed by atoms with van der Waals surface area (Å²) >= 11 is 0. The van der Waals surface area contributed by atoms with Gasteiger partial charge in [-0.3, -0.25) is 4.90 Å². The molecule has 1 aromatic rings. The van der Waals surface area contributed by atoms with Gasteiger partial charge in [-0.25, -0.2) is 0 Å². The van der Waals surface area contributed by atoms with Gasteiger partial charge in [0.25, 0.3) is 0 Å². The van der Waals surface area contributed by atoms with Gasteiger partial charge in [-0.2, -0.15) is 0 Å². The minimum absolute atomic E-state index is 0.0172.